The van der Waals surface area contributed by atoms with E-state index in [9.17, 15) is 4.79 Å². The zero-order valence-electron chi connectivity index (χ0n) is 6.85. The molecule has 0 radical (unpaired) electrons. The number of nitrogens with zero attached hydrogens (tertiary/aromatic N) is 1. The maximum absolute atomic E-state index is 11.3. The van der Waals surface area contributed by atoms with Crippen molar-refractivity contribution in [2.45, 2.75) is 19.8 Å². The second-order valence-corrected chi connectivity index (χ2v) is 3.97. The Kier molecular flexibility index (Phi) is 3.37. The van der Waals surface area contributed by atoms with Crippen LogP contribution in [-0.2, 0) is 4.79 Å². The van der Waals surface area contributed by atoms with Gasteiger partial charge in [-0.15, -0.1) is 0 Å². The van der Waals surface area contributed by atoms with Gasteiger partial charge in [0.1, 0.15) is 0 Å². The SMILES string of the molecule is CC1CCN(C(=O)CCBr)C1. The summed E-state index contributed by atoms with van der Waals surface area (Å²) in [4.78, 5) is 13.3. The first-order chi connectivity index (χ1) is 5.24. The highest BCUT2D eigenvalue weighted by molar-refractivity contribution is 9.09. The number of alkyl halides is 1. The number of carbonyl (C=O) groups excluding carboxylic acids is 1. The lowest BCUT2D eigenvalue weighted by molar-refractivity contribution is -0.129. The molecule has 11 heavy (non-hydrogen) atoms. The molecule has 0 aromatic heterocycles. The normalized spacial score (nSPS) is 24.2. The molecule has 1 aliphatic heterocycles. The third kappa shape index (κ3) is 2.47. The zero-order valence-corrected chi connectivity index (χ0v) is 8.43. The van der Waals surface area contributed by atoms with Gasteiger partial charge < -0.3 is 4.90 Å². The molecule has 0 N–H and O–H groups in total. The van der Waals surface area contributed by atoms with Crippen molar-refractivity contribution in [1.29, 1.82) is 0 Å². The molecule has 1 fully saturated rings. The molecule has 0 aromatic rings. The zero-order chi connectivity index (χ0) is 8.27. The van der Waals surface area contributed by atoms with E-state index in [2.05, 4.69) is 22.9 Å². The number of rotatable bonds is 2. The van der Waals surface area contributed by atoms with E-state index in [0.29, 0.717) is 18.2 Å². The van der Waals surface area contributed by atoms with Crippen LogP contribution in [-0.4, -0.2) is 29.2 Å². The van der Waals surface area contributed by atoms with Gasteiger partial charge in [0.05, 0.1) is 0 Å². The molecule has 1 saturated heterocycles. The van der Waals surface area contributed by atoms with Gasteiger partial charge in [-0.05, 0) is 12.3 Å². The van der Waals surface area contributed by atoms with Gasteiger partial charge >= 0.3 is 0 Å². The van der Waals surface area contributed by atoms with Gasteiger partial charge in [0.25, 0.3) is 0 Å². The van der Waals surface area contributed by atoms with Crippen molar-refractivity contribution in [1.82, 2.24) is 4.90 Å². The molecule has 1 unspecified atom stereocenters. The predicted octanol–water partition coefficient (Wildman–Crippen LogP) is 1.64. The van der Waals surface area contributed by atoms with Gasteiger partial charge in [-0.1, -0.05) is 22.9 Å². The van der Waals surface area contributed by atoms with Crippen molar-refractivity contribution in [3.8, 4) is 0 Å². The van der Waals surface area contributed by atoms with Crippen molar-refractivity contribution in [2.75, 3.05) is 18.4 Å². The van der Waals surface area contributed by atoms with Gasteiger partial charge in [0, 0.05) is 24.8 Å². The third-order valence-corrected chi connectivity index (χ3v) is 2.48. The Hall–Kier alpha value is -0.0500. The Morgan fingerprint density at radius 1 is 1.73 bits per heavy atom. The van der Waals surface area contributed by atoms with Crippen LogP contribution in [0.25, 0.3) is 0 Å². The Balaban J connectivity index is 2.31. The van der Waals surface area contributed by atoms with E-state index < -0.39 is 0 Å². The van der Waals surface area contributed by atoms with E-state index in [4.69, 9.17) is 0 Å². The molecule has 0 saturated carbocycles. The fourth-order valence-corrected chi connectivity index (χ4v) is 1.74. The summed E-state index contributed by atoms with van der Waals surface area (Å²) in [5, 5.41) is 0.788. The Morgan fingerprint density at radius 2 is 2.45 bits per heavy atom. The largest absolute Gasteiger partial charge is 0.342 e. The lowest BCUT2D eigenvalue weighted by Crippen LogP contribution is -2.28. The second kappa shape index (κ2) is 4.10. The van der Waals surface area contributed by atoms with Gasteiger partial charge in [-0.3, -0.25) is 4.79 Å². The highest BCUT2D eigenvalue weighted by Crippen LogP contribution is 2.15. The molecule has 64 valence electrons. The molecular weight excluding hydrogens is 206 g/mol. The Labute approximate surface area is 76.1 Å². The second-order valence-electron chi connectivity index (χ2n) is 3.17. The standard InChI is InChI=1S/C8H14BrNO/c1-7-3-5-10(6-7)8(11)2-4-9/h7H,2-6H2,1H3. The molecule has 0 spiro atoms. The third-order valence-electron chi connectivity index (χ3n) is 2.08. The van der Waals surface area contributed by atoms with Crippen LogP contribution in [0.3, 0.4) is 0 Å². The van der Waals surface area contributed by atoms with E-state index in [0.717, 1.165) is 18.4 Å². The number of carbonyl (C=O) groups is 1. The number of hydrogen-bond donors (Lipinski definition) is 0. The van der Waals surface area contributed by atoms with Crippen molar-refractivity contribution in [2.24, 2.45) is 5.92 Å². The molecular formula is C8H14BrNO. The van der Waals surface area contributed by atoms with Crippen LogP contribution in [0, 0.1) is 5.92 Å². The van der Waals surface area contributed by atoms with Crippen LogP contribution in [0.5, 0.6) is 0 Å². The van der Waals surface area contributed by atoms with Crippen LogP contribution in [0.1, 0.15) is 19.8 Å². The number of halogens is 1. The molecule has 0 bridgehead atoms. The molecule has 1 atom stereocenters. The number of likely N-dealkylation sites (tertiary alicyclic amines) is 1. The van der Waals surface area contributed by atoms with Crippen molar-refractivity contribution < 1.29 is 4.79 Å². The lowest BCUT2D eigenvalue weighted by atomic mass is 10.2. The van der Waals surface area contributed by atoms with Crippen molar-refractivity contribution >= 4 is 21.8 Å². The summed E-state index contributed by atoms with van der Waals surface area (Å²) in [6.45, 7) is 4.13. The minimum absolute atomic E-state index is 0.297. The fourth-order valence-electron chi connectivity index (χ4n) is 1.40. The van der Waals surface area contributed by atoms with E-state index in [-0.39, 0.29) is 0 Å². The topological polar surface area (TPSA) is 20.3 Å². The van der Waals surface area contributed by atoms with E-state index in [1.54, 1.807) is 0 Å². The maximum Gasteiger partial charge on any atom is 0.223 e. The molecule has 0 aromatic carbocycles. The summed E-state index contributed by atoms with van der Waals surface area (Å²) in [6, 6.07) is 0. The van der Waals surface area contributed by atoms with Gasteiger partial charge in [-0.25, -0.2) is 0 Å². The first-order valence-electron chi connectivity index (χ1n) is 4.07. The van der Waals surface area contributed by atoms with Crippen LogP contribution in [0.2, 0.25) is 0 Å². The molecule has 0 aliphatic carbocycles. The fraction of sp³-hybridized carbons (Fsp3) is 0.875. The van der Waals surface area contributed by atoms with Crippen LogP contribution < -0.4 is 0 Å². The highest BCUT2D eigenvalue weighted by atomic mass is 79.9. The minimum Gasteiger partial charge on any atom is -0.342 e. The highest BCUT2D eigenvalue weighted by Gasteiger charge is 2.21. The molecule has 1 rings (SSSR count). The summed E-state index contributed by atoms with van der Waals surface area (Å²) < 4.78 is 0. The Morgan fingerprint density at radius 3 is 2.91 bits per heavy atom. The smallest absolute Gasteiger partial charge is 0.223 e. The van der Waals surface area contributed by atoms with Crippen LogP contribution in [0.4, 0.5) is 0 Å². The van der Waals surface area contributed by atoms with E-state index in [1.165, 1.54) is 6.42 Å². The summed E-state index contributed by atoms with van der Waals surface area (Å²) in [6.07, 6.45) is 1.82. The molecule has 3 heteroatoms. The summed E-state index contributed by atoms with van der Waals surface area (Å²) in [5.74, 6) is 1.00. The quantitative estimate of drug-likeness (QED) is 0.648. The predicted molar refractivity (Wildman–Crippen MR) is 48.8 cm³/mol. The summed E-state index contributed by atoms with van der Waals surface area (Å²) in [5.41, 5.74) is 0. The van der Waals surface area contributed by atoms with Crippen LogP contribution in [0.15, 0.2) is 0 Å². The number of hydrogen-bond acceptors (Lipinski definition) is 1. The minimum atomic E-state index is 0.297. The van der Waals surface area contributed by atoms with Crippen molar-refractivity contribution in [3.05, 3.63) is 0 Å². The summed E-state index contributed by atoms with van der Waals surface area (Å²) in [7, 11) is 0. The first kappa shape index (κ1) is 9.04. The average molecular weight is 220 g/mol. The monoisotopic (exact) mass is 219 g/mol. The summed E-state index contributed by atoms with van der Waals surface area (Å²) >= 11 is 3.26. The van der Waals surface area contributed by atoms with Gasteiger partial charge in [0.2, 0.25) is 5.91 Å². The number of amides is 1. The molecule has 1 amide bonds. The molecule has 2 nitrogen and oxygen atoms in total. The van der Waals surface area contributed by atoms with E-state index >= 15 is 0 Å². The van der Waals surface area contributed by atoms with E-state index in [1.807, 2.05) is 4.90 Å². The Bertz CT molecular complexity index is 149. The van der Waals surface area contributed by atoms with Crippen molar-refractivity contribution in [3.63, 3.8) is 0 Å². The maximum atomic E-state index is 11.3. The molecule has 1 heterocycles. The van der Waals surface area contributed by atoms with Crippen LogP contribution >= 0.6 is 15.9 Å². The first-order valence-corrected chi connectivity index (χ1v) is 5.20. The lowest BCUT2D eigenvalue weighted by Gasteiger charge is -2.14. The van der Waals surface area contributed by atoms with Gasteiger partial charge in [0.15, 0.2) is 0 Å². The average Bonchev–Trinajstić information content (AvgIpc) is 2.36. The van der Waals surface area contributed by atoms with Gasteiger partial charge in [-0.2, -0.15) is 0 Å². The molecule has 1 aliphatic rings.